The number of halogens is 5. The highest BCUT2D eigenvalue weighted by Gasteiger charge is 2.55. The fourth-order valence-electron chi connectivity index (χ4n) is 5.15. The molecule has 8 heteroatoms. The first-order valence-electron chi connectivity index (χ1n) is 12.9. The molecule has 1 aliphatic heterocycles. The molecule has 1 aliphatic rings. The first-order valence-corrected chi connectivity index (χ1v) is 12.9. The smallest absolute Gasteiger partial charge is 0.416 e. The van der Waals surface area contributed by atoms with Crippen LogP contribution in [-0.4, -0.2) is 28.9 Å². The lowest BCUT2D eigenvalue weighted by Gasteiger charge is -2.52. The number of piperidine rings is 1. The molecule has 3 atom stereocenters. The molecule has 1 fully saturated rings. The molecule has 210 valence electrons. The molecule has 0 unspecified atom stereocenters. The van der Waals surface area contributed by atoms with Crippen molar-refractivity contribution in [3.63, 3.8) is 0 Å². The Hall–Kier alpha value is -2.48. The minimum absolute atomic E-state index is 0.323. The number of carbonyl (C=O) groups is 1. The summed E-state index contributed by atoms with van der Waals surface area (Å²) in [4.78, 5) is 14.8. The van der Waals surface area contributed by atoms with Crippen LogP contribution in [0.15, 0.2) is 48.5 Å². The van der Waals surface area contributed by atoms with Crippen molar-refractivity contribution in [3.05, 3.63) is 70.8 Å². The first-order chi connectivity index (χ1) is 17.3. The number of rotatable bonds is 5. The number of hydrogen-bond donors (Lipinski definition) is 0. The summed E-state index contributed by atoms with van der Waals surface area (Å²) >= 11 is 0. The van der Waals surface area contributed by atoms with Gasteiger partial charge in [0.1, 0.15) is 5.60 Å². The molecule has 0 N–H and O–H groups in total. The average molecular weight is 540 g/mol. The van der Waals surface area contributed by atoms with E-state index in [4.69, 9.17) is 4.74 Å². The van der Waals surface area contributed by atoms with Crippen LogP contribution in [0.4, 0.5) is 22.0 Å². The van der Waals surface area contributed by atoms with Gasteiger partial charge in [0.2, 0.25) is 0 Å². The van der Waals surface area contributed by atoms with Gasteiger partial charge in [-0.1, -0.05) is 62.7 Å². The van der Waals surface area contributed by atoms with Gasteiger partial charge in [0.05, 0.1) is 17.9 Å². The molecule has 1 saturated heterocycles. The van der Waals surface area contributed by atoms with Crippen molar-refractivity contribution in [2.45, 2.75) is 91.1 Å². The second-order valence-electron chi connectivity index (χ2n) is 12.6. The zero-order valence-electron chi connectivity index (χ0n) is 23.1. The highest BCUT2D eigenvalue weighted by Crippen LogP contribution is 2.54. The van der Waals surface area contributed by atoms with Gasteiger partial charge in [0, 0.05) is 25.0 Å². The molecule has 0 aliphatic carbocycles. The molecule has 0 bridgehead atoms. The summed E-state index contributed by atoms with van der Waals surface area (Å²) < 4.78 is 77.2. The summed E-state index contributed by atoms with van der Waals surface area (Å²) in [6.07, 6.45) is -5.63. The van der Waals surface area contributed by atoms with Crippen LogP contribution in [0, 0.1) is 18.3 Å². The molecule has 3 rings (SSSR count). The average Bonchev–Trinajstić information content (AvgIpc) is 2.74. The number of benzene rings is 2. The van der Waals surface area contributed by atoms with Crippen LogP contribution in [0.5, 0.6) is 0 Å². The van der Waals surface area contributed by atoms with E-state index in [9.17, 15) is 18.0 Å². The van der Waals surface area contributed by atoms with Gasteiger partial charge in [-0.2, -0.15) is 13.2 Å². The summed E-state index contributed by atoms with van der Waals surface area (Å²) in [7, 11) is 0. The van der Waals surface area contributed by atoms with Gasteiger partial charge in [-0.3, -0.25) is 9.69 Å². The zero-order valence-corrected chi connectivity index (χ0v) is 23.1. The molecule has 0 radical (unpaired) electrons. The van der Waals surface area contributed by atoms with Gasteiger partial charge >= 0.3 is 12.1 Å². The largest absolute Gasteiger partial charge is 0.460 e. The highest BCUT2D eigenvalue weighted by atomic mass is 19.4. The Labute approximate surface area is 222 Å². The zero-order chi connectivity index (χ0) is 28.7. The van der Waals surface area contributed by atoms with Crippen molar-refractivity contribution in [3.8, 4) is 0 Å². The summed E-state index contributed by atoms with van der Waals surface area (Å²) in [5, 5.41) is 0. The summed E-state index contributed by atoms with van der Waals surface area (Å²) in [5.74, 6) is -5.37. The Morgan fingerprint density at radius 2 is 1.45 bits per heavy atom. The van der Waals surface area contributed by atoms with Crippen LogP contribution in [0.2, 0.25) is 0 Å². The van der Waals surface area contributed by atoms with E-state index in [2.05, 4.69) is 0 Å². The van der Waals surface area contributed by atoms with E-state index in [-0.39, 0.29) is 5.41 Å². The third kappa shape index (κ3) is 7.55. The Kier molecular flexibility index (Phi) is 8.38. The normalized spacial score (nSPS) is 22.8. The SMILES string of the molecule is Cc1ccc([C@@H]2[C@@H](CC(=O)OC(C)(C)C)C(F)(F)C[C@@H](c3ccc(C(F)(F)F)cc3)N2CC(C)(C)C)cc1. The second kappa shape index (κ2) is 10.6. The Balaban J connectivity index is 2.15. The van der Waals surface area contributed by atoms with Gasteiger partial charge in [0.15, 0.2) is 0 Å². The summed E-state index contributed by atoms with van der Waals surface area (Å²) in [6, 6.07) is 10.0. The van der Waals surface area contributed by atoms with Crippen LogP contribution in [0.1, 0.15) is 88.7 Å². The maximum atomic E-state index is 16.1. The van der Waals surface area contributed by atoms with Crippen molar-refractivity contribution < 1.29 is 31.5 Å². The number of likely N-dealkylation sites (tertiary alicyclic amines) is 1. The molecule has 0 spiro atoms. The monoisotopic (exact) mass is 539 g/mol. The lowest BCUT2D eigenvalue weighted by molar-refractivity contribution is -0.181. The maximum Gasteiger partial charge on any atom is 0.416 e. The van der Waals surface area contributed by atoms with Crippen LogP contribution >= 0.6 is 0 Å². The molecule has 1 heterocycles. The Morgan fingerprint density at radius 3 is 1.92 bits per heavy atom. The van der Waals surface area contributed by atoms with Crippen LogP contribution in [0.25, 0.3) is 0 Å². The number of hydrogen-bond acceptors (Lipinski definition) is 3. The van der Waals surface area contributed by atoms with Crippen LogP contribution < -0.4 is 0 Å². The number of alkyl halides is 5. The molecular formula is C30H38F5NO2. The minimum atomic E-state index is -4.52. The molecule has 2 aromatic rings. The van der Waals surface area contributed by atoms with Gasteiger partial charge in [0.25, 0.3) is 5.92 Å². The van der Waals surface area contributed by atoms with Crippen LogP contribution in [0.3, 0.4) is 0 Å². The molecule has 3 nitrogen and oxygen atoms in total. The number of ether oxygens (including phenoxy) is 1. The number of esters is 1. The third-order valence-corrected chi connectivity index (χ3v) is 6.65. The fraction of sp³-hybridized carbons (Fsp3) is 0.567. The number of aryl methyl sites for hydroxylation is 1. The summed E-state index contributed by atoms with van der Waals surface area (Å²) in [5.41, 5.74) is -0.00465. The molecule has 0 saturated carbocycles. The third-order valence-electron chi connectivity index (χ3n) is 6.65. The fourth-order valence-corrected chi connectivity index (χ4v) is 5.15. The molecule has 0 amide bonds. The van der Waals surface area contributed by atoms with E-state index in [1.165, 1.54) is 12.1 Å². The van der Waals surface area contributed by atoms with Crippen molar-refractivity contribution in [2.75, 3.05) is 6.54 Å². The van der Waals surface area contributed by atoms with Crippen molar-refractivity contribution in [1.82, 2.24) is 4.90 Å². The second-order valence-corrected chi connectivity index (χ2v) is 12.6. The minimum Gasteiger partial charge on any atom is -0.460 e. The number of carbonyl (C=O) groups excluding carboxylic acids is 1. The lowest BCUT2D eigenvalue weighted by Crippen LogP contribution is -2.53. The van der Waals surface area contributed by atoms with E-state index in [0.29, 0.717) is 17.7 Å². The molecular weight excluding hydrogens is 501 g/mol. The molecule has 0 aromatic heterocycles. The van der Waals surface area contributed by atoms with Gasteiger partial charge in [-0.25, -0.2) is 8.78 Å². The Morgan fingerprint density at radius 1 is 0.921 bits per heavy atom. The van der Waals surface area contributed by atoms with E-state index >= 15 is 8.78 Å². The lowest BCUT2D eigenvalue weighted by atomic mass is 9.74. The number of nitrogens with zero attached hydrogens (tertiary/aromatic N) is 1. The predicted molar refractivity (Wildman–Crippen MR) is 138 cm³/mol. The predicted octanol–water partition coefficient (Wildman–Crippen LogP) is 8.53. The first kappa shape index (κ1) is 30.1. The van der Waals surface area contributed by atoms with Crippen molar-refractivity contribution in [2.24, 2.45) is 11.3 Å². The highest BCUT2D eigenvalue weighted by molar-refractivity contribution is 5.70. The van der Waals surface area contributed by atoms with Gasteiger partial charge in [-0.15, -0.1) is 0 Å². The van der Waals surface area contributed by atoms with E-state index in [0.717, 1.165) is 17.7 Å². The maximum absolute atomic E-state index is 16.1. The van der Waals surface area contributed by atoms with Crippen LogP contribution in [-0.2, 0) is 15.7 Å². The molecule has 38 heavy (non-hydrogen) atoms. The van der Waals surface area contributed by atoms with E-state index in [1.54, 1.807) is 32.9 Å². The van der Waals surface area contributed by atoms with E-state index in [1.807, 2.05) is 44.7 Å². The Bertz CT molecular complexity index is 1100. The quantitative estimate of drug-likeness (QED) is 0.282. The van der Waals surface area contributed by atoms with Gasteiger partial charge < -0.3 is 4.74 Å². The van der Waals surface area contributed by atoms with Gasteiger partial charge in [-0.05, 0) is 56.4 Å². The standard InChI is InChI=1S/C30H38F5NO2/c1-19-8-10-21(11-9-19)26-23(16-25(37)38-28(5,6)7)29(31,32)17-24(36(26)18-27(2,3)4)20-12-14-22(15-13-20)30(33,34)35/h8-15,23-24,26H,16-18H2,1-7H3/t23-,24+,26-/m1/s1. The summed E-state index contributed by atoms with van der Waals surface area (Å²) in [6.45, 7) is 13.3. The van der Waals surface area contributed by atoms with E-state index < -0.39 is 60.1 Å². The van der Waals surface area contributed by atoms with Crippen molar-refractivity contribution >= 4 is 5.97 Å². The van der Waals surface area contributed by atoms with Crippen molar-refractivity contribution in [1.29, 1.82) is 0 Å². The topological polar surface area (TPSA) is 29.5 Å². The molecule has 2 aromatic carbocycles.